The topological polar surface area (TPSA) is 156 Å². The molecule has 1 aromatic carbocycles. The first-order valence-electron chi connectivity index (χ1n) is 7.86. The predicted octanol–water partition coefficient (Wildman–Crippen LogP) is 0.0796. The highest BCUT2D eigenvalue weighted by atomic mass is 16.4. The Kier molecular flexibility index (Phi) is 4.22. The van der Waals surface area contributed by atoms with Gasteiger partial charge in [-0.15, -0.1) is 0 Å². The van der Waals surface area contributed by atoms with Crippen molar-refractivity contribution >= 4 is 30.0 Å². The molecule has 2 aliphatic rings. The largest absolute Gasteiger partial charge is 0.479 e. The number of aliphatic carboxylic acids is 1. The van der Waals surface area contributed by atoms with Gasteiger partial charge in [-0.25, -0.2) is 14.4 Å². The Bertz CT molecular complexity index is 834. The minimum absolute atomic E-state index is 0.0795. The molecule has 0 bridgehead atoms. The lowest BCUT2D eigenvalue weighted by Crippen LogP contribution is -2.72. The molecule has 0 aliphatic carbocycles. The van der Waals surface area contributed by atoms with Crippen molar-refractivity contribution in [1.82, 2.24) is 14.7 Å². The number of carboxylic acids is 1. The van der Waals surface area contributed by atoms with Gasteiger partial charge >= 0.3 is 18.2 Å². The van der Waals surface area contributed by atoms with E-state index in [4.69, 9.17) is 0 Å². The molecule has 0 spiro atoms. The first-order valence-corrected chi connectivity index (χ1v) is 7.86. The van der Waals surface area contributed by atoms with E-state index >= 15 is 0 Å². The van der Waals surface area contributed by atoms with E-state index in [1.165, 1.54) is 24.3 Å². The number of nitrogens with zero attached hydrogens (tertiary/aromatic N) is 3. The van der Waals surface area contributed by atoms with Crippen molar-refractivity contribution in [2.24, 2.45) is 0 Å². The van der Waals surface area contributed by atoms with Crippen molar-refractivity contribution in [1.29, 1.82) is 0 Å². The molecule has 0 aromatic heterocycles. The Morgan fingerprint density at radius 2 is 1.48 bits per heavy atom. The summed E-state index contributed by atoms with van der Waals surface area (Å²) in [7, 11) is 0. The van der Waals surface area contributed by atoms with Crippen LogP contribution in [0.1, 0.15) is 20.7 Å². The SMILES string of the molecule is O=C(O)N1CCN(C(=O)O)C(CN2C(=O)c3ccccc3C2=O)(C(=O)O)C1. The van der Waals surface area contributed by atoms with Gasteiger partial charge in [-0.2, -0.15) is 0 Å². The highest BCUT2D eigenvalue weighted by Gasteiger charge is 2.55. The van der Waals surface area contributed by atoms with Gasteiger partial charge in [0, 0.05) is 13.1 Å². The van der Waals surface area contributed by atoms with Crippen LogP contribution in [0.2, 0.25) is 0 Å². The van der Waals surface area contributed by atoms with E-state index in [1.54, 1.807) is 0 Å². The van der Waals surface area contributed by atoms with E-state index in [9.17, 15) is 39.3 Å². The van der Waals surface area contributed by atoms with Crippen molar-refractivity contribution in [2.45, 2.75) is 5.54 Å². The summed E-state index contributed by atoms with van der Waals surface area (Å²) in [6.07, 6.45) is -3.01. The van der Waals surface area contributed by atoms with Gasteiger partial charge in [-0.05, 0) is 12.1 Å². The fourth-order valence-electron chi connectivity index (χ4n) is 3.39. The fourth-order valence-corrected chi connectivity index (χ4v) is 3.39. The van der Waals surface area contributed by atoms with Crippen molar-refractivity contribution in [3.05, 3.63) is 35.4 Å². The summed E-state index contributed by atoms with van der Waals surface area (Å²) in [5.74, 6) is -3.16. The van der Waals surface area contributed by atoms with Crippen LogP contribution in [0.25, 0.3) is 0 Å². The van der Waals surface area contributed by atoms with Crippen molar-refractivity contribution in [2.75, 3.05) is 26.2 Å². The number of carbonyl (C=O) groups is 5. The Hall–Kier alpha value is -3.63. The summed E-state index contributed by atoms with van der Waals surface area (Å²) >= 11 is 0. The van der Waals surface area contributed by atoms with Crippen LogP contribution in [0.4, 0.5) is 9.59 Å². The second-order valence-corrected chi connectivity index (χ2v) is 6.22. The molecule has 0 radical (unpaired) electrons. The first kappa shape index (κ1) is 18.2. The van der Waals surface area contributed by atoms with Crippen LogP contribution < -0.4 is 0 Å². The Labute approximate surface area is 152 Å². The van der Waals surface area contributed by atoms with Gasteiger partial charge in [0.05, 0.1) is 24.2 Å². The lowest BCUT2D eigenvalue weighted by Gasteiger charge is -2.46. The number of carboxylic acid groups (broad SMARTS) is 3. The molecule has 1 aromatic rings. The number of imide groups is 1. The second-order valence-electron chi connectivity index (χ2n) is 6.22. The van der Waals surface area contributed by atoms with E-state index in [1.807, 2.05) is 0 Å². The molecule has 3 N–H and O–H groups in total. The summed E-state index contributed by atoms with van der Waals surface area (Å²) in [5, 5.41) is 28.4. The third-order valence-corrected chi connectivity index (χ3v) is 4.76. The minimum atomic E-state index is -2.31. The van der Waals surface area contributed by atoms with Gasteiger partial charge in [0.25, 0.3) is 11.8 Å². The monoisotopic (exact) mass is 377 g/mol. The molecule has 142 valence electrons. The molecule has 1 unspecified atom stereocenters. The molecular weight excluding hydrogens is 362 g/mol. The molecule has 2 aliphatic heterocycles. The Morgan fingerprint density at radius 3 is 1.93 bits per heavy atom. The molecular formula is C16H15N3O8. The first-order chi connectivity index (χ1) is 12.7. The normalized spacial score (nSPS) is 22.0. The third-order valence-electron chi connectivity index (χ3n) is 4.76. The standard InChI is InChI=1S/C16H15N3O8/c20-11-9-3-1-2-4-10(9)12(21)18(11)8-16(13(22)23)7-17(14(24)25)5-6-19(16)15(26)27/h1-4H,5-8H2,(H,22,23)(H,24,25)(H,26,27). The van der Waals surface area contributed by atoms with Gasteiger partial charge in [0.1, 0.15) is 0 Å². The molecule has 1 saturated heterocycles. The highest BCUT2D eigenvalue weighted by Crippen LogP contribution is 2.29. The molecule has 11 heteroatoms. The third kappa shape index (κ3) is 2.72. The average Bonchev–Trinajstić information content (AvgIpc) is 2.86. The summed E-state index contributed by atoms with van der Waals surface area (Å²) in [6.45, 7) is -2.14. The summed E-state index contributed by atoms with van der Waals surface area (Å²) < 4.78 is 0. The second kappa shape index (κ2) is 6.27. The quantitative estimate of drug-likeness (QED) is 0.625. The zero-order valence-electron chi connectivity index (χ0n) is 13.9. The van der Waals surface area contributed by atoms with Crippen LogP contribution in [0.15, 0.2) is 24.3 Å². The lowest BCUT2D eigenvalue weighted by atomic mass is 9.93. The van der Waals surface area contributed by atoms with Gasteiger partial charge in [-0.3, -0.25) is 19.4 Å². The number of carbonyl (C=O) groups excluding carboxylic acids is 2. The van der Waals surface area contributed by atoms with Crippen LogP contribution in [0, 0.1) is 0 Å². The number of hydrogen-bond donors (Lipinski definition) is 3. The van der Waals surface area contributed by atoms with Crippen LogP contribution in [0.5, 0.6) is 0 Å². The Morgan fingerprint density at radius 1 is 0.926 bits per heavy atom. The van der Waals surface area contributed by atoms with Crippen LogP contribution in [-0.2, 0) is 4.79 Å². The summed E-state index contributed by atoms with van der Waals surface area (Å²) in [4.78, 5) is 62.1. The van der Waals surface area contributed by atoms with E-state index in [0.29, 0.717) is 9.80 Å². The zero-order valence-corrected chi connectivity index (χ0v) is 13.9. The number of amides is 4. The van der Waals surface area contributed by atoms with Gasteiger partial charge in [-0.1, -0.05) is 12.1 Å². The van der Waals surface area contributed by atoms with Crippen LogP contribution in [-0.4, -0.2) is 91.7 Å². The van der Waals surface area contributed by atoms with E-state index < -0.39 is 55.1 Å². The number of rotatable bonds is 3. The van der Waals surface area contributed by atoms with Gasteiger partial charge < -0.3 is 20.2 Å². The van der Waals surface area contributed by atoms with Crippen molar-refractivity contribution < 1.29 is 39.3 Å². The minimum Gasteiger partial charge on any atom is -0.479 e. The maximum absolute atomic E-state index is 12.6. The number of hydrogen-bond acceptors (Lipinski definition) is 5. The molecule has 1 fully saturated rings. The van der Waals surface area contributed by atoms with Gasteiger partial charge in [0.2, 0.25) is 0 Å². The van der Waals surface area contributed by atoms with Gasteiger partial charge in [0.15, 0.2) is 5.54 Å². The zero-order chi connectivity index (χ0) is 19.9. The van der Waals surface area contributed by atoms with Crippen LogP contribution in [0.3, 0.4) is 0 Å². The predicted molar refractivity (Wildman–Crippen MR) is 86.5 cm³/mol. The highest BCUT2D eigenvalue weighted by molar-refractivity contribution is 6.21. The Balaban J connectivity index is 2.02. The number of benzene rings is 1. The fraction of sp³-hybridized carbons (Fsp3) is 0.312. The molecule has 11 nitrogen and oxygen atoms in total. The molecule has 2 heterocycles. The number of fused-ring (bicyclic) bond motifs is 1. The van der Waals surface area contributed by atoms with E-state index in [-0.39, 0.29) is 17.7 Å². The summed E-state index contributed by atoms with van der Waals surface area (Å²) in [6, 6.07) is 5.89. The lowest BCUT2D eigenvalue weighted by molar-refractivity contribution is -0.154. The van der Waals surface area contributed by atoms with E-state index in [2.05, 4.69) is 0 Å². The molecule has 0 saturated carbocycles. The van der Waals surface area contributed by atoms with E-state index in [0.717, 1.165) is 4.90 Å². The van der Waals surface area contributed by atoms with Crippen molar-refractivity contribution in [3.63, 3.8) is 0 Å². The summed E-state index contributed by atoms with van der Waals surface area (Å²) in [5.41, 5.74) is -2.15. The molecule has 3 rings (SSSR count). The maximum Gasteiger partial charge on any atom is 0.408 e. The van der Waals surface area contributed by atoms with Crippen molar-refractivity contribution in [3.8, 4) is 0 Å². The molecule has 27 heavy (non-hydrogen) atoms. The average molecular weight is 377 g/mol. The van der Waals surface area contributed by atoms with Crippen LogP contribution >= 0.6 is 0 Å². The smallest absolute Gasteiger partial charge is 0.408 e. The maximum atomic E-state index is 12.6. The molecule has 1 atom stereocenters. The molecule has 4 amide bonds. The number of piperazine rings is 1.